The fourth-order valence-corrected chi connectivity index (χ4v) is 2.61. The minimum absolute atomic E-state index is 0.0833. The largest absolute Gasteiger partial charge is 0.478 e. The van der Waals surface area contributed by atoms with Gasteiger partial charge in [-0.15, -0.1) is 0 Å². The topological polar surface area (TPSA) is 136 Å². The van der Waals surface area contributed by atoms with Crippen LogP contribution in [0.1, 0.15) is 28.9 Å². The third-order valence-corrected chi connectivity index (χ3v) is 3.78. The summed E-state index contributed by atoms with van der Waals surface area (Å²) in [4.78, 5) is 22.2. The molecule has 8 heteroatoms. The molecule has 1 aromatic carbocycles. The maximum atomic E-state index is 11.3. The van der Waals surface area contributed by atoms with Gasteiger partial charge in [0.25, 0.3) is 0 Å². The van der Waals surface area contributed by atoms with Gasteiger partial charge in [-0.1, -0.05) is 12.1 Å². The van der Waals surface area contributed by atoms with Crippen LogP contribution in [-0.2, 0) is 9.53 Å². The van der Waals surface area contributed by atoms with E-state index in [0.29, 0.717) is 5.56 Å². The fraction of sp³-hybridized carbons (Fsp3) is 0.467. The molecule has 0 saturated carbocycles. The summed E-state index contributed by atoms with van der Waals surface area (Å²) in [5, 5.41) is 40.9. The third kappa shape index (κ3) is 3.67. The standard InChI is InChI=1S/C15H19NO7/c1-7(18)16-11-13(20)12(19)10(6-17)23-14(11)8-2-4-9(5-3-8)15(21)22/h2-5,10-14,17,19-20H,6H2,1H3,(H,16,18)(H,21,22)/t10-,11-,12-,13-,14+/m1/s1. The zero-order valence-corrected chi connectivity index (χ0v) is 12.4. The Morgan fingerprint density at radius 2 is 1.78 bits per heavy atom. The van der Waals surface area contributed by atoms with Crippen LogP contribution in [0.2, 0.25) is 0 Å². The van der Waals surface area contributed by atoms with Crippen LogP contribution in [0.4, 0.5) is 0 Å². The number of amides is 1. The molecule has 1 aromatic rings. The molecule has 0 bridgehead atoms. The van der Waals surface area contributed by atoms with E-state index in [1.807, 2.05) is 0 Å². The lowest BCUT2D eigenvalue weighted by molar-refractivity contribution is -0.197. The SMILES string of the molecule is CC(=O)N[C@@H]1[C@@H](O)[C@H](O)[C@@H](CO)O[C@H]1c1ccc(C(=O)O)cc1. The molecule has 5 N–H and O–H groups in total. The molecule has 1 amide bonds. The van der Waals surface area contributed by atoms with Crippen LogP contribution in [0.15, 0.2) is 24.3 Å². The van der Waals surface area contributed by atoms with Gasteiger partial charge in [0.2, 0.25) is 5.91 Å². The van der Waals surface area contributed by atoms with E-state index in [4.69, 9.17) is 9.84 Å². The van der Waals surface area contributed by atoms with Gasteiger partial charge in [0, 0.05) is 6.92 Å². The maximum Gasteiger partial charge on any atom is 0.335 e. The van der Waals surface area contributed by atoms with Crippen molar-refractivity contribution in [2.45, 2.75) is 37.4 Å². The Morgan fingerprint density at radius 3 is 2.26 bits per heavy atom. The number of nitrogens with one attached hydrogen (secondary N) is 1. The van der Waals surface area contributed by atoms with Gasteiger partial charge in [-0.3, -0.25) is 4.79 Å². The van der Waals surface area contributed by atoms with Gasteiger partial charge in [-0.2, -0.15) is 0 Å². The summed E-state index contributed by atoms with van der Waals surface area (Å²) in [7, 11) is 0. The van der Waals surface area contributed by atoms with Crippen molar-refractivity contribution in [1.29, 1.82) is 0 Å². The minimum atomic E-state index is -1.36. The molecule has 1 heterocycles. The third-order valence-electron chi connectivity index (χ3n) is 3.78. The molecule has 8 nitrogen and oxygen atoms in total. The van der Waals surface area contributed by atoms with Gasteiger partial charge in [0.1, 0.15) is 24.4 Å². The molecule has 0 aliphatic carbocycles. The molecule has 0 aromatic heterocycles. The van der Waals surface area contributed by atoms with Gasteiger partial charge in [-0.05, 0) is 17.7 Å². The van der Waals surface area contributed by atoms with Crippen molar-refractivity contribution >= 4 is 11.9 Å². The molecule has 1 fully saturated rings. The Balaban J connectivity index is 2.33. The molecule has 0 unspecified atom stereocenters. The molecule has 0 radical (unpaired) electrons. The Labute approximate surface area is 132 Å². The van der Waals surface area contributed by atoms with E-state index < -0.39 is 48.9 Å². The van der Waals surface area contributed by atoms with Crippen LogP contribution in [-0.4, -0.2) is 63.3 Å². The number of carbonyl (C=O) groups excluding carboxylic acids is 1. The second kappa shape index (κ2) is 7.05. The quantitative estimate of drug-likeness (QED) is 0.481. The van der Waals surface area contributed by atoms with Gasteiger partial charge < -0.3 is 30.5 Å². The molecule has 2 rings (SSSR count). The Morgan fingerprint density at radius 1 is 1.17 bits per heavy atom. The van der Waals surface area contributed by atoms with Crippen molar-refractivity contribution in [3.05, 3.63) is 35.4 Å². The number of benzene rings is 1. The molecule has 5 atom stereocenters. The molecule has 23 heavy (non-hydrogen) atoms. The van der Waals surface area contributed by atoms with Gasteiger partial charge in [0.15, 0.2) is 0 Å². The second-order valence-corrected chi connectivity index (χ2v) is 5.41. The van der Waals surface area contributed by atoms with Crippen LogP contribution in [0.3, 0.4) is 0 Å². The second-order valence-electron chi connectivity index (χ2n) is 5.41. The van der Waals surface area contributed by atoms with Crippen molar-refractivity contribution in [1.82, 2.24) is 5.32 Å². The zero-order valence-electron chi connectivity index (χ0n) is 12.4. The van der Waals surface area contributed by atoms with Crippen molar-refractivity contribution in [3.63, 3.8) is 0 Å². The van der Waals surface area contributed by atoms with Crippen molar-refractivity contribution in [2.24, 2.45) is 0 Å². The highest BCUT2D eigenvalue weighted by atomic mass is 16.5. The fourth-order valence-electron chi connectivity index (χ4n) is 2.61. The molecular weight excluding hydrogens is 306 g/mol. The summed E-state index contributed by atoms with van der Waals surface area (Å²) in [5.74, 6) is -1.50. The monoisotopic (exact) mass is 325 g/mol. The summed E-state index contributed by atoms with van der Waals surface area (Å²) in [6.45, 7) is 0.760. The predicted octanol–water partition coefficient (Wildman–Crippen LogP) is -0.956. The van der Waals surface area contributed by atoms with Crippen LogP contribution in [0.5, 0.6) is 0 Å². The lowest BCUT2D eigenvalue weighted by atomic mass is 9.88. The van der Waals surface area contributed by atoms with Gasteiger partial charge in [0.05, 0.1) is 18.2 Å². The van der Waals surface area contributed by atoms with Crippen LogP contribution in [0, 0.1) is 0 Å². The first-order chi connectivity index (χ1) is 10.8. The van der Waals surface area contributed by atoms with Gasteiger partial charge >= 0.3 is 5.97 Å². The number of carboxylic acid groups (broad SMARTS) is 1. The van der Waals surface area contributed by atoms with E-state index in [2.05, 4.69) is 5.32 Å². The first-order valence-electron chi connectivity index (χ1n) is 7.08. The van der Waals surface area contributed by atoms with E-state index in [1.165, 1.54) is 31.2 Å². The van der Waals surface area contributed by atoms with E-state index in [9.17, 15) is 24.9 Å². The molecule has 1 saturated heterocycles. The molecular formula is C15H19NO7. The van der Waals surface area contributed by atoms with E-state index in [0.717, 1.165) is 0 Å². The van der Waals surface area contributed by atoms with Gasteiger partial charge in [-0.25, -0.2) is 4.79 Å². The van der Waals surface area contributed by atoms with Crippen LogP contribution < -0.4 is 5.32 Å². The Bertz CT molecular complexity index is 574. The lowest BCUT2D eigenvalue weighted by Crippen LogP contribution is -2.60. The number of aliphatic hydroxyl groups excluding tert-OH is 3. The average molecular weight is 325 g/mol. The Hall–Kier alpha value is -2.00. The summed E-state index contributed by atoms with van der Waals surface area (Å²) >= 11 is 0. The number of rotatable bonds is 4. The number of hydrogen-bond acceptors (Lipinski definition) is 6. The number of carboxylic acids is 1. The highest BCUT2D eigenvalue weighted by Gasteiger charge is 2.45. The van der Waals surface area contributed by atoms with E-state index in [-0.39, 0.29) is 5.56 Å². The number of carbonyl (C=O) groups is 2. The maximum absolute atomic E-state index is 11.3. The predicted molar refractivity (Wildman–Crippen MR) is 77.7 cm³/mol. The minimum Gasteiger partial charge on any atom is -0.478 e. The lowest BCUT2D eigenvalue weighted by Gasteiger charge is -2.42. The molecule has 1 aliphatic heterocycles. The zero-order chi connectivity index (χ0) is 17.1. The average Bonchev–Trinajstić information content (AvgIpc) is 2.52. The summed E-state index contributed by atoms with van der Waals surface area (Å²) in [5.41, 5.74) is 0.595. The van der Waals surface area contributed by atoms with Crippen molar-refractivity contribution < 1.29 is 34.8 Å². The number of ether oxygens (including phenoxy) is 1. The van der Waals surface area contributed by atoms with Crippen LogP contribution >= 0.6 is 0 Å². The highest BCUT2D eigenvalue weighted by molar-refractivity contribution is 5.87. The summed E-state index contributed by atoms with van der Waals surface area (Å²) in [6.07, 6.45) is -4.54. The number of hydrogen-bond donors (Lipinski definition) is 5. The highest BCUT2D eigenvalue weighted by Crippen LogP contribution is 2.32. The Kier molecular flexibility index (Phi) is 5.32. The van der Waals surface area contributed by atoms with E-state index >= 15 is 0 Å². The van der Waals surface area contributed by atoms with Crippen LogP contribution in [0.25, 0.3) is 0 Å². The molecule has 0 spiro atoms. The first-order valence-corrected chi connectivity index (χ1v) is 7.08. The smallest absolute Gasteiger partial charge is 0.335 e. The molecule has 126 valence electrons. The first kappa shape index (κ1) is 17.4. The summed E-state index contributed by atoms with van der Waals surface area (Å²) in [6, 6.07) is 4.82. The van der Waals surface area contributed by atoms with Crippen molar-refractivity contribution in [2.75, 3.05) is 6.61 Å². The van der Waals surface area contributed by atoms with E-state index in [1.54, 1.807) is 0 Å². The number of aromatic carboxylic acids is 1. The normalized spacial score (nSPS) is 30.7. The molecule has 1 aliphatic rings. The van der Waals surface area contributed by atoms with Crippen molar-refractivity contribution in [3.8, 4) is 0 Å². The number of aliphatic hydroxyl groups is 3. The summed E-state index contributed by atoms with van der Waals surface area (Å²) < 4.78 is 5.60.